The summed E-state index contributed by atoms with van der Waals surface area (Å²) in [5.41, 5.74) is 2.68. The van der Waals surface area contributed by atoms with E-state index in [-0.39, 0.29) is 17.7 Å². The molecule has 4 rings (SSSR count). The Labute approximate surface area is 163 Å². The zero-order valence-corrected chi connectivity index (χ0v) is 15.9. The van der Waals surface area contributed by atoms with E-state index in [2.05, 4.69) is 17.0 Å². The second kappa shape index (κ2) is 7.17. The number of ether oxygens (including phenoxy) is 1. The summed E-state index contributed by atoms with van der Waals surface area (Å²) in [6.45, 7) is 5.09. The van der Waals surface area contributed by atoms with E-state index in [1.807, 2.05) is 24.0 Å². The number of carbonyl (C=O) groups excluding carboxylic acids is 1. The summed E-state index contributed by atoms with van der Waals surface area (Å²) in [6, 6.07) is 14.2. The molecule has 2 aromatic rings. The van der Waals surface area contributed by atoms with Gasteiger partial charge in [0.15, 0.2) is 5.11 Å². The van der Waals surface area contributed by atoms with E-state index in [1.54, 1.807) is 24.3 Å². The molecule has 2 aliphatic heterocycles. The molecule has 2 aliphatic rings. The van der Waals surface area contributed by atoms with Crippen LogP contribution in [-0.2, 0) is 9.53 Å². The van der Waals surface area contributed by atoms with Crippen molar-refractivity contribution in [1.29, 1.82) is 0 Å². The van der Waals surface area contributed by atoms with Gasteiger partial charge in [0.1, 0.15) is 11.8 Å². The highest BCUT2D eigenvalue weighted by atomic mass is 32.1. The van der Waals surface area contributed by atoms with Crippen LogP contribution >= 0.6 is 12.2 Å². The number of nitrogens with zero attached hydrogens (tertiary/aromatic N) is 3. The molecule has 1 N–H and O–H groups in total. The number of morpholine rings is 1. The van der Waals surface area contributed by atoms with Gasteiger partial charge in [-0.2, -0.15) is 0 Å². The molecule has 0 spiro atoms. The Morgan fingerprint density at radius 3 is 2.15 bits per heavy atom. The maximum Gasteiger partial charge on any atom is 0.256 e. The maximum absolute atomic E-state index is 12.8. The molecule has 0 aromatic heterocycles. The second-order valence-corrected chi connectivity index (χ2v) is 7.00. The number of carbonyl (C=O) groups is 1. The van der Waals surface area contributed by atoms with Crippen LogP contribution in [0.2, 0.25) is 0 Å². The van der Waals surface area contributed by atoms with E-state index in [0.29, 0.717) is 10.8 Å². The highest BCUT2D eigenvalue weighted by Crippen LogP contribution is 2.32. The fourth-order valence-electron chi connectivity index (χ4n) is 3.48. The van der Waals surface area contributed by atoms with Crippen molar-refractivity contribution in [3.8, 4) is 5.75 Å². The molecule has 2 heterocycles. The van der Waals surface area contributed by atoms with E-state index in [9.17, 15) is 9.90 Å². The lowest BCUT2D eigenvalue weighted by atomic mass is 10.2. The minimum atomic E-state index is -0.388. The summed E-state index contributed by atoms with van der Waals surface area (Å²) >= 11 is 5.61. The minimum absolute atomic E-state index is 0.0806. The number of benzene rings is 2. The van der Waals surface area contributed by atoms with E-state index in [0.717, 1.165) is 37.7 Å². The number of anilines is 3. The van der Waals surface area contributed by atoms with Crippen LogP contribution < -0.4 is 14.7 Å². The number of phenolic OH excluding ortho intramolecular Hbond substituents is 1. The van der Waals surface area contributed by atoms with Gasteiger partial charge in [-0.1, -0.05) is 0 Å². The molecule has 0 bridgehead atoms. The van der Waals surface area contributed by atoms with Gasteiger partial charge < -0.3 is 19.6 Å². The summed E-state index contributed by atoms with van der Waals surface area (Å²) in [5.74, 6) is 0.0721. The number of amides is 1. The van der Waals surface area contributed by atoms with Crippen LogP contribution in [0.15, 0.2) is 48.5 Å². The highest BCUT2D eigenvalue weighted by Gasteiger charge is 2.41. The van der Waals surface area contributed by atoms with E-state index < -0.39 is 0 Å². The van der Waals surface area contributed by atoms with Gasteiger partial charge in [-0.05, 0) is 67.7 Å². The molecular formula is C20H21N3O3S. The Morgan fingerprint density at radius 1 is 0.963 bits per heavy atom. The van der Waals surface area contributed by atoms with E-state index >= 15 is 0 Å². The number of thiocarbonyl (C=S) groups is 1. The van der Waals surface area contributed by atoms with Crippen LogP contribution in [0.1, 0.15) is 6.92 Å². The number of rotatable bonds is 3. The molecule has 7 heteroatoms. The molecule has 1 unspecified atom stereocenters. The zero-order chi connectivity index (χ0) is 19.0. The van der Waals surface area contributed by atoms with Gasteiger partial charge in [-0.3, -0.25) is 9.69 Å². The van der Waals surface area contributed by atoms with Crippen LogP contribution in [0, 0.1) is 0 Å². The standard InChI is InChI=1S/C20H21N3O3S/c1-14-19(25)23(17-6-8-18(24)9-7-17)20(27)22(14)16-4-2-15(3-5-16)21-10-12-26-13-11-21/h2-9,14,24H,10-13H2,1H3. The molecule has 140 valence electrons. The van der Waals surface area contributed by atoms with Crippen molar-refractivity contribution in [1.82, 2.24) is 0 Å². The molecule has 2 aromatic carbocycles. The topological polar surface area (TPSA) is 56.3 Å². The number of hydrogen-bond donors (Lipinski definition) is 1. The third-order valence-electron chi connectivity index (χ3n) is 4.97. The fourth-order valence-corrected chi connectivity index (χ4v) is 3.94. The first-order chi connectivity index (χ1) is 13.1. The van der Waals surface area contributed by atoms with Crippen LogP contribution in [0.3, 0.4) is 0 Å². The number of phenols is 1. The number of aromatic hydroxyl groups is 1. The minimum Gasteiger partial charge on any atom is -0.508 e. The molecule has 0 aliphatic carbocycles. The Hall–Kier alpha value is -2.64. The molecule has 1 atom stereocenters. The van der Waals surface area contributed by atoms with Crippen LogP contribution in [0.5, 0.6) is 5.75 Å². The van der Waals surface area contributed by atoms with Gasteiger partial charge in [-0.25, -0.2) is 0 Å². The summed E-state index contributed by atoms with van der Waals surface area (Å²) < 4.78 is 5.40. The van der Waals surface area contributed by atoms with Crippen molar-refractivity contribution in [2.75, 3.05) is 41.0 Å². The molecule has 6 nitrogen and oxygen atoms in total. The SMILES string of the molecule is CC1C(=O)N(c2ccc(O)cc2)C(=S)N1c1ccc(N2CCOCC2)cc1. The van der Waals surface area contributed by atoms with Crippen molar-refractivity contribution in [3.05, 3.63) is 48.5 Å². The average Bonchev–Trinajstić information content (AvgIpc) is 2.92. The highest BCUT2D eigenvalue weighted by molar-refractivity contribution is 7.81. The predicted octanol–water partition coefficient (Wildman–Crippen LogP) is 2.76. The molecule has 2 fully saturated rings. The Kier molecular flexibility index (Phi) is 4.72. The van der Waals surface area contributed by atoms with Gasteiger partial charge in [0, 0.05) is 24.5 Å². The lowest BCUT2D eigenvalue weighted by molar-refractivity contribution is -0.117. The Morgan fingerprint density at radius 2 is 1.52 bits per heavy atom. The van der Waals surface area contributed by atoms with Crippen molar-refractivity contribution >= 4 is 40.3 Å². The monoisotopic (exact) mass is 383 g/mol. The maximum atomic E-state index is 12.8. The van der Waals surface area contributed by atoms with E-state index in [4.69, 9.17) is 17.0 Å². The Bertz CT molecular complexity index is 848. The zero-order valence-electron chi connectivity index (χ0n) is 15.0. The molecule has 0 saturated carbocycles. The van der Waals surface area contributed by atoms with Crippen molar-refractivity contribution in [3.63, 3.8) is 0 Å². The summed E-state index contributed by atoms with van der Waals surface area (Å²) in [6.07, 6.45) is 0. The van der Waals surface area contributed by atoms with E-state index in [1.165, 1.54) is 4.90 Å². The molecule has 1 amide bonds. The second-order valence-electron chi connectivity index (χ2n) is 6.63. The third kappa shape index (κ3) is 3.24. The first-order valence-electron chi connectivity index (χ1n) is 8.95. The molecule has 0 radical (unpaired) electrons. The van der Waals surface area contributed by atoms with Crippen molar-refractivity contribution < 1.29 is 14.6 Å². The van der Waals surface area contributed by atoms with Crippen LogP contribution in [0.4, 0.5) is 17.1 Å². The van der Waals surface area contributed by atoms with Crippen molar-refractivity contribution in [2.24, 2.45) is 0 Å². The quantitative estimate of drug-likeness (QED) is 0.823. The van der Waals surface area contributed by atoms with Gasteiger partial charge in [0.05, 0.1) is 18.9 Å². The van der Waals surface area contributed by atoms with Gasteiger partial charge in [0.25, 0.3) is 5.91 Å². The van der Waals surface area contributed by atoms with Crippen LogP contribution in [0.25, 0.3) is 0 Å². The summed E-state index contributed by atoms with van der Waals surface area (Å²) in [5, 5.41) is 9.93. The molecular weight excluding hydrogens is 362 g/mol. The largest absolute Gasteiger partial charge is 0.508 e. The average molecular weight is 383 g/mol. The van der Waals surface area contributed by atoms with Gasteiger partial charge >= 0.3 is 0 Å². The molecule has 2 saturated heterocycles. The van der Waals surface area contributed by atoms with Gasteiger partial charge in [-0.15, -0.1) is 0 Å². The summed E-state index contributed by atoms with van der Waals surface area (Å²) in [7, 11) is 0. The first-order valence-corrected chi connectivity index (χ1v) is 9.36. The lowest BCUT2D eigenvalue weighted by Gasteiger charge is -2.29. The Balaban J connectivity index is 1.58. The van der Waals surface area contributed by atoms with Crippen LogP contribution in [-0.4, -0.2) is 48.5 Å². The lowest BCUT2D eigenvalue weighted by Crippen LogP contribution is -2.36. The predicted molar refractivity (Wildman–Crippen MR) is 110 cm³/mol. The fraction of sp³-hybridized carbons (Fsp3) is 0.300. The smallest absolute Gasteiger partial charge is 0.256 e. The molecule has 27 heavy (non-hydrogen) atoms. The van der Waals surface area contributed by atoms with Gasteiger partial charge in [0.2, 0.25) is 0 Å². The van der Waals surface area contributed by atoms with Crippen molar-refractivity contribution in [2.45, 2.75) is 13.0 Å². The first kappa shape index (κ1) is 17.8. The number of hydrogen-bond acceptors (Lipinski definition) is 5. The third-order valence-corrected chi connectivity index (χ3v) is 5.35. The normalized spacial score (nSPS) is 20.5. The summed E-state index contributed by atoms with van der Waals surface area (Å²) in [4.78, 5) is 18.5.